The number of nitro benzene ring substituents is 1. The fourth-order valence-corrected chi connectivity index (χ4v) is 1.56. The third kappa shape index (κ3) is 1.83. The zero-order valence-corrected chi connectivity index (χ0v) is 9.61. The summed E-state index contributed by atoms with van der Waals surface area (Å²) in [5.41, 5.74) is -0.432. The van der Waals surface area contributed by atoms with Gasteiger partial charge in [-0.25, -0.2) is 0 Å². The third-order valence-electron chi connectivity index (χ3n) is 2.34. The molecule has 0 aromatic heterocycles. The summed E-state index contributed by atoms with van der Waals surface area (Å²) in [6, 6.07) is 2.23. The summed E-state index contributed by atoms with van der Waals surface area (Å²) in [7, 11) is 2.74. The lowest BCUT2D eigenvalue weighted by molar-refractivity contribution is -0.384. The Kier molecular flexibility index (Phi) is 2.84. The number of hydrogen-bond acceptors (Lipinski definition) is 6. The van der Waals surface area contributed by atoms with Crippen LogP contribution in [0.25, 0.3) is 11.3 Å². The van der Waals surface area contributed by atoms with Crippen LogP contribution in [0, 0.1) is 10.1 Å². The number of rotatable bonds is 3. The van der Waals surface area contributed by atoms with E-state index in [0.29, 0.717) is 0 Å². The van der Waals surface area contributed by atoms with Crippen LogP contribution in [0.2, 0.25) is 0 Å². The van der Waals surface area contributed by atoms with E-state index in [-0.39, 0.29) is 23.0 Å². The summed E-state index contributed by atoms with van der Waals surface area (Å²) >= 11 is 0. The second-order valence-corrected chi connectivity index (χ2v) is 3.37. The van der Waals surface area contributed by atoms with E-state index in [2.05, 4.69) is 4.98 Å². The van der Waals surface area contributed by atoms with E-state index in [1.807, 2.05) is 0 Å². The Morgan fingerprint density at radius 2 is 2.11 bits per heavy atom. The Morgan fingerprint density at radius 1 is 1.39 bits per heavy atom. The van der Waals surface area contributed by atoms with Gasteiger partial charge < -0.3 is 9.57 Å². The molecule has 0 atom stereocenters. The first-order chi connectivity index (χ1) is 8.56. The third-order valence-corrected chi connectivity index (χ3v) is 2.34. The van der Waals surface area contributed by atoms with Gasteiger partial charge in [0.05, 0.1) is 35.6 Å². The number of ether oxygens (including phenoxy) is 1. The van der Waals surface area contributed by atoms with E-state index in [0.717, 1.165) is 10.8 Å². The van der Waals surface area contributed by atoms with Gasteiger partial charge in [-0.2, -0.15) is 4.98 Å². The van der Waals surface area contributed by atoms with Gasteiger partial charge in [0, 0.05) is 6.07 Å². The summed E-state index contributed by atoms with van der Waals surface area (Å²) in [6.07, 6.45) is 1.35. The van der Waals surface area contributed by atoms with Crippen LogP contribution in [0.4, 0.5) is 5.69 Å². The average molecular weight is 251 g/mol. The average Bonchev–Trinajstić information content (AvgIpc) is 2.35. The van der Waals surface area contributed by atoms with E-state index in [1.54, 1.807) is 0 Å². The van der Waals surface area contributed by atoms with E-state index < -0.39 is 10.4 Å². The molecule has 8 heteroatoms. The van der Waals surface area contributed by atoms with Gasteiger partial charge in [0.2, 0.25) is 0 Å². The van der Waals surface area contributed by atoms with E-state index in [1.165, 1.54) is 26.5 Å². The number of hydrogen-bond donors (Lipinski definition) is 0. The number of benzene rings is 1. The van der Waals surface area contributed by atoms with Crippen molar-refractivity contribution in [1.29, 1.82) is 0 Å². The maximum absolute atomic E-state index is 11.3. The van der Waals surface area contributed by atoms with Crippen LogP contribution in [0.1, 0.15) is 0 Å². The molecule has 18 heavy (non-hydrogen) atoms. The SMILES string of the molecule is COc1nc2cc(=O)cc([N+](=O)[O-])c-2cn1OC. The number of nitrogens with zero attached hydrogens (tertiary/aromatic N) is 3. The molecule has 8 nitrogen and oxygen atoms in total. The molecule has 2 rings (SSSR count). The molecule has 0 unspecified atom stereocenters. The van der Waals surface area contributed by atoms with Gasteiger partial charge in [0.1, 0.15) is 7.11 Å². The van der Waals surface area contributed by atoms with Crippen molar-refractivity contribution < 1.29 is 14.5 Å². The van der Waals surface area contributed by atoms with Crippen LogP contribution in [0.5, 0.6) is 6.01 Å². The minimum atomic E-state index is -0.641. The van der Waals surface area contributed by atoms with Crippen LogP contribution < -0.4 is 15.0 Å². The fraction of sp³-hybridized carbons (Fsp3) is 0.200. The largest absolute Gasteiger partial charge is 0.466 e. The van der Waals surface area contributed by atoms with Gasteiger partial charge in [-0.05, 0) is 0 Å². The molecular formula is C10H9N3O5. The molecule has 1 aliphatic carbocycles. The second kappa shape index (κ2) is 4.32. The predicted octanol–water partition coefficient (Wildman–Crippen LogP) is 0.323. The van der Waals surface area contributed by atoms with Crippen molar-refractivity contribution in [2.75, 3.05) is 14.2 Å². The van der Waals surface area contributed by atoms with Crippen molar-refractivity contribution >= 4 is 5.69 Å². The molecule has 1 aliphatic heterocycles. The molecule has 0 bridgehead atoms. The van der Waals surface area contributed by atoms with Gasteiger partial charge in [-0.1, -0.05) is 0 Å². The molecule has 94 valence electrons. The van der Waals surface area contributed by atoms with E-state index >= 15 is 0 Å². The van der Waals surface area contributed by atoms with Gasteiger partial charge in [0.15, 0.2) is 5.43 Å². The maximum Gasteiger partial charge on any atom is 0.330 e. The first kappa shape index (κ1) is 11.8. The lowest BCUT2D eigenvalue weighted by Gasteiger charge is -2.13. The molecule has 0 amide bonds. The number of methoxy groups -OCH3 is 1. The van der Waals surface area contributed by atoms with Crippen molar-refractivity contribution in [1.82, 2.24) is 9.71 Å². The van der Waals surface area contributed by atoms with Crippen molar-refractivity contribution in [2.24, 2.45) is 0 Å². The highest BCUT2D eigenvalue weighted by Gasteiger charge is 2.22. The van der Waals surface area contributed by atoms with Crippen molar-refractivity contribution in [3.05, 3.63) is 38.7 Å². The van der Waals surface area contributed by atoms with Crippen molar-refractivity contribution in [3.8, 4) is 17.3 Å². The molecule has 0 N–H and O–H groups in total. The van der Waals surface area contributed by atoms with Gasteiger partial charge in [0.25, 0.3) is 5.69 Å². The normalized spacial score (nSPS) is 10.3. The highest BCUT2D eigenvalue weighted by atomic mass is 16.7. The van der Waals surface area contributed by atoms with E-state index in [4.69, 9.17) is 9.57 Å². The first-order valence-corrected chi connectivity index (χ1v) is 4.87. The van der Waals surface area contributed by atoms with E-state index in [9.17, 15) is 14.9 Å². The fourth-order valence-electron chi connectivity index (χ4n) is 1.56. The zero-order valence-electron chi connectivity index (χ0n) is 9.61. The Balaban J connectivity index is 2.83. The maximum atomic E-state index is 11.3. The Hall–Kier alpha value is -2.64. The summed E-state index contributed by atoms with van der Waals surface area (Å²) in [6.45, 7) is 0. The summed E-state index contributed by atoms with van der Waals surface area (Å²) in [5, 5.41) is 10.9. The number of aromatic nitrogens is 2. The summed E-state index contributed by atoms with van der Waals surface area (Å²) in [5.74, 6) is 0. The molecule has 0 saturated carbocycles. The van der Waals surface area contributed by atoms with Crippen molar-refractivity contribution in [3.63, 3.8) is 0 Å². The predicted molar refractivity (Wildman–Crippen MR) is 60.8 cm³/mol. The molecule has 0 spiro atoms. The van der Waals surface area contributed by atoms with Crippen LogP contribution in [-0.2, 0) is 0 Å². The minimum absolute atomic E-state index is 0.0879. The summed E-state index contributed by atoms with van der Waals surface area (Å²) < 4.78 is 6.08. The molecular weight excluding hydrogens is 242 g/mol. The lowest BCUT2D eigenvalue weighted by atomic mass is 10.1. The lowest BCUT2D eigenvalue weighted by Crippen LogP contribution is -2.15. The van der Waals surface area contributed by atoms with Crippen LogP contribution in [-0.4, -0.2) is 28.9 Å². The quantitative estimate of drug-likeness (QED) is 0.575. The highest BCUT2D eigenvalue weighted by molar-refractivity contribution is 5.71. The monoisotopic (exact) mass is 251 g/mol. The molecule has 0 aromatic rings. The molecule has 0 saturated heterocycles. The van der Waals surface area contributed by atoms with Gasteiger partial charge in [-0.15, -0.1) is 4.73 Å². The molecule has 2 aliphatic rings. The second-order valence-electron chi connectivity index (χ2n) is 3.37. The first-order valence-electron chi connectivity index (χ1n) is 4.87. The molecule has 1 heterocycles. The van der Waals surface area contributed by atoms with Crippen molar-refractivity contribution in [2.45, 2.75) is 0 Å². The van der Waals surface area contributed by atoms with Crippen LogP contribution in [0.15, 0.2) is 23.1 Å². The zero-order chi connectivity index (χ0) is 13.3. The van der Waals surface area contributed by atoms with Crippen LogP contribution in [0.3, 0.4) is 0 Å². The molecule has 0 radical (unpaired) electrons. The van der Waals surface area contributed by atoms with Crippen LogP contribution >= 0.6 is 0 Å². The highest BCUT2D eigenvalue weighted by Crippen LogP contribution is 2.29. The Labute approximate surface area is 101 Å². The topological polar surface area (TPSA) is 96.5 Å². The Morgan fingerprint density at radius 3 is 2.67 bits per heavy atom. The summed E-state index contributed by atoms with van der Waals surface area (Å²) in [4.78, 5) is 30.5. The molecule has 0 aromatic carbocycles. The number of fused-ring (bicyclic) bond motifs is 1. The minimum Gasteiger partial charge on any atom is -0.466 e. The van der Waals surface area contributed by atoms with Gasteiger partial charge >= 0.3 is 6.01 Å². The standard InChI is InChI=1S/C10H9N3O5/c1-17-10-11-8-3-6(14)4-9(13(15)16)7(8)5-12(10)18-2/h3-5H,1-2H3. The van der Waals surface area contributed by atoms with Gasteiger partial charge in [-0.3, -0.25) is 14.9 Å². The number of nitro groups is 1. The Bertz CT molecular complexity index is 636. The molecule has 0 fully saturated rings. The smallest absolute Gasteiger partial charge is 0.330 e.